The summed E-state index contributed by atoms with van der Waals surface area (Å²) in [6.45, 7) is 2.08. The Balaban J connectivity index is 1.95. The minimum atomic E-state index is -0.301. The Morgan fingerprint density at radius 2 is 2.06 bits per heavy atom. The first-order valence-electron chi connectivity index (χ1n) is 5.41. The number of nitrogens with zero attached hydrogens (tertiary/aromatic N) is 2. The van der Waals surface area contributed by atoms with Gasteiger partial charge in [0.15, 0.2) is 5.69 Å². The quantitative estimate of drug-likeness (QED) is 0.881. The topological polar surface area (TPSA) is 77.2 Å². The average molecular weight is 247 g/mol. The molecule has 0 spiro atoms. The molecule has 6 nitrogen and oxygen atoms in total. The molecular weight excluding hydrogens is 234 g/mol. The van der Waals surface area contributed by atoms with E-state index in [2.05, 4.69) is 20.3 Å². The Labute approximate surface area is 104 Å². The van der Waals surface area contributed by atoms with E-state index in [0.717, 1.165) is 11.3 Å². The van der Waals surface area contributed by atoms with Gasteiger partial charge in [0.25, 0.3) is 5.91 Å². The summed E-state index contributed by atoms with van der Waals surface area (Å²) >= 11 is 0. The largest absolute Gasteiger partial charge is 0.497 e. The van der Waals surface area contributed by atoms with E-state index in [9.17, 15) is 4.79 Å². The van der Waals surface area contributed by atoms with Crippen molar-refractivity contribution >= 4 is 5.91 Å². The van der Waals surface area contributed by atoms with Crippen LogP contribution in [0.4, 0.5) is 0 Å². The van der Waals surface area contributed by atoms with Crippen molar-refractivity contribution in [3.05, 3.63) is 41.2 Å². The number of methoxy groups -OCH3 is 1. The summed E-state index contributed by atoms with van der Waals surface area (Å²) in [7, 11) is 1.61. The smallest absolute Gasteiger partial charge is 0.275 e. The summed E-state index contributed by atoms with van der Waals surface area (Å²) in [5.74, 6) is 0.478. The minimum absolute atomic E-state index is 0.212. The third kappa shape index (κ3) is 2.65. The van der Waals surface area contributed by atoms with Crippen LogP contribution >= 0.6 is 0 Å². The van der Waals surface area contributed by atoms with Crippen LogP contribution in [0.5, 0.6) is 5.75 Å². The van der Waals surface area contributed by atoms with E-state index in [4.69, 9.17) is 4.74 Å². The molecule has 0 saturated carbocycles. The number of aromatic nitrogens is 2. The molecule has 0 fully saturated rings. The van der Waals surface area contributed by atoms with Gasteiger partial charge in [-0.05, 0) is 29.8 Å². The second-order valence-electron chi connectivity index (χ2n) is 3.73. The number of benzene rings is 1. The lowest BCUT2D eigenvalue weighted by molar-refractivity contribution is 0.0940. The molecule has 2 rings (SSSR count). The standard InChI is InChI=1S/C12H13N3O3/c1-8-11(15-18-14-8)12(16)13-7-9-3-5-10(17-2)6-4-9/h3-6H,7H2,1-2H3,(H,13,16). The summed E-state index contributed by atoms with van der Waals surface area (Å²) in [6, 6.07) is 7.44. The van der Waals surface area contributed by atoms with E-state index in [0.29, 0.717) is 12.2 Å². The molecule has 1 amide bonds. The normalized spacial score (nSPS) is 10.1. The van der Waals surface area contributed by atoms with E-state index in [1.54, 1.807) is 14.0 Å². The van der Waals surface area contributed by atoms with Crippen LogP contribution in [0.1, 0.15) is 21.7 Å². The molecule has 0 unspecified atom stereocenters. The third-order valence-corrected chi connectivity index (χ3v) is 2.48. The molecule has 18 heavy (non-hydrogen) atoms. The second kappa shape index (κ2) is 5.31. The molecule has 1 aromatic carbocycles. The predicted molar refractivity (Wildman–Crippen MR) is 63.2 cm³/mol. The predicted octanol–water partition coefficient (Wildman–Crippen LogP) is 1.32. The van der Waals surface area contributed by atoms with Crippen LogP contribution < -0.4 is 10.1 Å². The number of hydrogen-bond donors (Lipinski definition) is 1. The molecule has 0 atom stereocenters. The maximum absolute atomic E-state index is 11.7. The summed E-state index contributed by atoms with van der Waals surface area (Å²) in [4.78, 5) is 11.7. The number of hydrogen-bond acceptors (Lipinski definition) is 5. The van der Waals surface area contributed by atoms with Gasteiger partial charge in [0.2, 0.25) is 0 Å². The maximum Gasteiger partial charge on any atom is 0.275 e. The van der Waals surface area contributed by atoms with Crippen molar-refractivity contribution in [3.63, 3.8) is 0 Å². The molecule has 1 heterocycles. The van der Waals surface area contributed by atoms with Gasteiger partial charge in [-0.3, -0.25) is 4.79 Å². The Bertz CT molecular complexity index is 534. The summed E-state index contributed by atoms with van der Waals surface area (Å²) in [6.07, 6.45) is 0. The van der Waals surface area contributed by atoms with Crippen LogP contribution in [0.25, 0.3) is 0 Å². The van der Waals surface area contributed by atoms with Gasteiger partial charge in [0.1, 0.15) is 11.4 Å². The van der Waals surface area contributed by atoms with Crippen molar-refractivity contribution in [2.75, 3.05) is 7.11 Å². The van der Waals surface area contributed by atoms with Crippen LogP contribution in [0.2, 0.25) is 0 Å². The number of carbonyl (C=O) groups excluding carboxylic acids is 1. The van der Waals surface area contributed by atoms with Crippen molar-refractivity contribution in [2.45, 2.75) is 13.5 Å². The van der Waals surface area contributed by atoms with Gasteiger partial charge in [-0.15, -0.1) is 0 Å². The number of nitrogens with one attached hydrogen (secondary N) is 1. The maximum atomic E-state index is 11.7. The van der Waals surface area contributed by atoms with Gasteiger partial charge < -0.3 is 10.1 Å². The van der Waals surface area contributed by atoms with Gasteiger partial charge in [0.05, 0.1) is 7.11 Å². The zero-order valence-corrected chi connectivity index (χ0v) is 10.1. The Kier molecular flexibility index (Phi) is 3.57. The number of carbonyl (C=O) groups is 1. The fourth-order valence-electron chi connectivity index (χ4n) is 1.45. The zero-order chi connectivity index (χ0) is 13.0. The zero-order valence-electron chi connectivity index (χ0n) is 10.1. The van der Waals surface area contributed by atoms with E-state index in [1.165, 1.54) is 0 Å². The average Bonchev–Trinajstić information content (AvgIpc) is 2.83. The molecule has 1 aromatic heterocycles. The lowest BCUT2D eigenvalue weighted by atomic mass is 10.2. The molecule has 0 bridgehead atoms. The van der Waals surface area contributed by atoms with E-state index >= 15 is 0 Å². The van der Waals surface area contributed by atoms with Crippen molar-refractivity contribution in [1.29, 1.82) is 0 Å². The Morgan fingerprint density at radius 1 is 1.33 bits per heavy atom. The van der Waals surface area contributed by atoms with E-state index in [1.807, 2.05) is 24.3 Å². The van der Waals surface area contributed by atoms with E-state index < -0.39 is 0 Å². The first-order chi connectivity index (χ1) is 8.70. The molecule has 1 N–H and O–H groups in total. The molecule has 0 aliphatic rings. The van der Waals surface area contributed by atoms with Crippen LogP contribution in [0.15, 0.2) is 28.9 Å². The first-order valence-corrected chi connectivity index (χ1v) is 5.41. The second-order valence-corrected chi connectivity index (χ2v) is 3.73. The highest BCUT2D eigenvalue weighted by Crippen LogP contribution is 2.11. The number of amides is 1. The highest BCUT2D eigenvalue weighted by Gasteiger charge is 2.14. The monoisotopic (exact) mass is 247 g/mol. The molecular formula is C12H13N3O3. The molecule has 2 aromatic rings. The molecule has 0 aliphatic heterocycles. The highest BCUT2D eigenvalue weighted by atomic mass is 16.6. The van der Waals surface area contributed by atoms with Crippen LogP contribution in [-0.2, 0) is 6.54 Å². The third-order valence-electron chi connectivity index (χ3n) is 2.48. The number of aryl methyl sites for hydroxylation is 1. The van der Waals surface area contributed by atoms with Crippen molar-refractivity contribution in [1.82, 2.24) is 15.6 Å². The van der Waals surface area contributed by atoms with Gasteiger partial charge in [-0.25, -0.2) is 4.63 Å². The lowest BCUT2D eigenvalue weighted by Gasteiger charge is -2.04. The van der Waals surface area contributed by atoms with Gasteiger partial charge in [-0.1, -0.05) is 17.3 Å². The molecule has 0 radical (unpaired) electrons. The molecule has 6 heteroatoms. The van der Waals surface area contributed by atoms with Gasteiger partial charge in [0, 0.05) is 6.54 Å². The fraction of sp³-hybridized carbons (Fsp3) is 0.250. The van der Waals surface area contributed by atoms with Gasteiger partial charge in [-0.2, -0.15) is 0 Å². The Hall–Kier alpha value is -2.37. The summed E-state index contributed by atoms with van der Waals surface area (Å²) in [5, 5.41) is 9.83. The number of rotatable bonds is 4. The molecule has 0 saturated heterocycles. The Morgan fingerprint density at radius 3 is 2.61 bits per heavy atom. The SMILES string of the molecule is COc1ccc(CNC(=O)c2nonc2C)cc1. The highest BCUT2D eigenvalue weighted by molar-refractivity contribution is 5.92. The fourth-order valence-corrected chi connectivity index (χ4v) is 1.45. The molecule has 94 valence electrons. The van der Waals surface area contributed by atoms with Crippen LogP contribution in [0, 0.1) is 6.92 Å². The van der Waals surface area contributed by atoms with Crippen LogP contribution in [0.3, 0.4) is 0 Å². The van der Waals surface area contributed by atoms with Crippen molar-refractivity contribution in [3.8, 4) is 5.75 Å². The number of ether oxygens (including phenoxy) is 1. The van der Waals surface area contributed by atoms with E-state index in [-0.39, 0.29) is 11.6 Å². The molecule has 0 aliphatic carbocycles. The summed E-state index contributed by atoms with van der Waals surface area (Å²) < 4.78 is 9.52. The summed E-state index contributed by atoms with van der Waals surface area (Å²) in [5.41, 5.74) is 1.66. The van der Waals surface area contributed by atoms with Crippen molar-refractivity contribution < 1.29 is 14.2 Å². The van der Waals surface area contributed by atoms with Gasteiger partial charge >= 0.3 is 0 Å². The minimum Gasteiger partial charge on any atom is -0.497 e. The van der Waals surface area contributed by atoms with Crippen molar-refractivity contribution in [2.24, 2.45) is 0 Å². The first kappa shape index (κ1) is 12.1. The van der Waals surface area contributed by atoms with Crippen LogP contribution in [-0.4, -0.2) is 23.3 Å². The lowest BCUT2D eigenvalue weighted by Crippen LogP contribution is -2.23.